The van der Waals surface area contributed by atoms with E-state index in [0.717, 1.165) is 11.4 Å². The van der Waals surface area contributed by atoms with Gasteiger partial charge in [0.2, 0.25) is 11.1 Å². The van der Waals surface area contributed by atoms with Crippen LogP contribution in [0.25, 0.3) is 5.69 Å². The third-order valence-corrected chi connectivity index (χ3v) is 2.65. The molecule has 2 aromatic rings. The molecule has 16 heavy (non-hydrogen) atoms. The summed E-state index contributed by atoms with van der Waals surface area (Å²) in [5, 5.41) is 4.92. The number of nitrogens with zero attached hydrogens (tertiary/aromatic N) is 3. The highest BCUT2D eigenvalue weighted by atomic mass is 32.2. The Hall–Kier alpha value is -1.69. The van der Waals surface area contributed by atoms with E-state index in [-0.39, 0.29) is 0 Å². The maximum absolute atomic E-state index is 5.76. The third kappa shape index (κ3) is 1.96. The van der Waals surface area contributed by atoms with Gasteiger partial charge >= 0.3 is 0 Å². The van der Waals surface area contributed by atoms with Gasteiger partial charge in [0, 0.05) is 0 Å². The molecule has 2 rings (SSSR count). The van der Waals surface area contributed by atoms with Crippen molar-refractivity contribution in [3.8, 4) is 11.4 Å². The lowest BCUT2D eigenvalue weighted by Gasteiger charge is -2.03. The van der Waals surface area contributed by atoms with Gasteiger partial charge in [0.05, 0.1) is 12.8 Å². The molecule has 0 saturated heterocycles. The zero-order chi connectivity index (χ0) is 11.5. The summed E-state index contributed by atoms with van der Waals surface area (Å²) >= 11 is 1.46. The van der Waals surface area contributed by atoms with Crippen LogP contribution < -0.4 is 10.5 Å². The molecule has 1 aromatic heterocycles. The molecular weight excluding hydrogens is 224 g/mol. The second kappa shape index (κ2) is 4.44. The van der Waals surface area contributed by atoms with Crippen LogP contribution in [0.3, 0.4) is 0 Å². The van der Waals surface area contributed by atoms with Crippen molar-refractivity contribution < 1.29 is 4.74 Å². The zero-order valence-electron chi connectivity index (χ0n) is 9.04. The monoisotopic (exact) mass is 236 g/mol. The van der Waals surface area contributed by atoms with Gasteiger partial charge in [-0.2, -0.15) is 9.67 Å². The average Bonchev–Trinajstić information content (AvgIpc) is 2.71. The summed E-state index contributed by atoms with van der Waals surface area (Å²) in [6, 6.07) is 7.48. The predicted octanol–water partition coefficient (Wildman–Crippen LogP) is 1.58. The van der Waals surface area contributed by atoms with Gasteiger partial charge in [-0.1, -0.05) is 11.8 Å². The maximum Gasteiger partial charge on any atom is 0.224 e. The van der Waals surface area contributed by atoms with Crippen molar-refractivity contribution in [2.24, 2.45) is 0 Å². The van der Waals surface area contributed by atoms with Gasteiger partial charge < -0.3 is 10.5 Å². The summed E-state index contributed by atoms with van der Waals surface area (Å²) in [6.45, 7) is 0. The van der Waals surface area contributed by atoms with E-state index < -0.39 is 0 Å². The van der Waals surface area contributed by atoms with Gasteiger partial charge in [0.1, 0.15) is 5.75 Å². The lowest BCUT2D eigenvalue weighted by Crippen LogP contribution is -2.02. The molecular formula is C10H12N4OS. The van der Waals surface area contributed by atoms with Crippen LogP contribution in [0.1, 0.15) is 0 Å². The van der Waals surface area contributed by atoms with E-state index in [1.807, 2.05) is 30.5 Å². The number of nitrogens with two attached hydrogens (primary N) is 1. The number of rotatable bonds is 3. The highest BCUT2D eigenvalue weighted by Crippen LogP contribution is 2.18. The Morgan fingerprint density at radius 3 is 2.50 bits per heavy atom. The second-order valence-electron chi connectivity index (χ2n) is 3.07. The molecule has 5 nitrogen and oxygen atoms in total. The van der Waals surface area contributed by atoms with Crippen LogP contribution in [0.15, 0.2) is 29.4 Å². The van der Waals surface area contributed by atoms with Crippen molar-refractivity contribution in [2.75, 3.05) is 19.1 Å². The molecule has 0 aliphatic heterocycles. The van der Waals surface area contributed by atoms with E-state index in [9.17, 15) is 0 Å². The minimum Gasteiger partial charge on any atom is -0.497 e. The molecule has 0 unspecified atom stereocenters. The van der Waals surface area contributed by atoms with Crippen molar-refractivity contribution >= 4 is 17.7 Å². The Morgan fingerprint density at radius 2 is 2.00 bits per heavy atom. The summed E-state index contributed by atoms with van der Waals surface area (Å²) in [5.74, 6) is 1.18. The van der Waals surface area contributed by atoms with E-state index in [1.165, 1.54) is 11.8 Å². The Bertz CT molecular complexity index is 480. The predicted molar refractivity (Wildman–Crippen MR) is 64.1 cm³/mol. The first-order valence-corrected chi connectivity index (χ1v) is 5.88. The van der Waals surface area contributed by atoms with Crippen molar-refractivity contribution in [2.45, 2.75) is 5.16 Å². The molecule has 0 radical (unpaired) electrons. The molecule has 0 aliphatic rings. The van der Waals surface area contributed by atoms with E-state index in [4.69, 9.17) is 10.5 Å². The number of hydrogen-bond donors (Lipinski definition) is 1. The van der Waals surface area contributed by atoms with Crippen LogP contribution in [0, 0.1) is 0 Å². The zero-order valence-corrected chi connectivity index (χ0v) is 9.86. The number of thioether (sulfide) groups is 1. The number of anilines is 1. The van der Waals surface area contributed by atoms with Crippen LogP contribution in [-0.4, -0.2) is 28.1 Å². The van der Waals surface area contributed by atoms with Crippen molar-refractivity contribution in [1.29, 1.82) is 0 Å². The van der Waals surface area contributed by atoms with Crippen molar-refractivity contribution in [1.82, 2.24) is 14.8 Å². The normalized spacial score (nSPS) is 10.4. The van der Waals surface area contributed by atoms with Crippen LogP contribution in [0.2, 0.25) is 0 Å². The molecule has 0 saturated carbocycles. The van der Waals surface area contributed by atoms with E-state index >= 15 is 0 Å². The van der Waals surface area contributed by atoms with Crippen LogP contribution >= 0.6 is 11.8 Å². The lowest BCUT2D eigenvalue weighted by molar-refractivity contribution is 0.414. The molecule has 2 N–H and O–H groups in total. The van der Waals surface area contributed by atoms with Gasteiger partial charge in [0.15, 0.2) is 0 Å². The SMILES string of the molecule is COc1ccc(-n2nc(SC)nc2N)cc1. The average molecular weight is 236 g/mol. The molecule has 0 bridgehead atoms. The van der Waals surface area contributed by atoms with E-state index in [0.29, 0.717) is 11.1 Å². The number of hydrogen-bond acceptors (Lipinski definition) is 5. The topological polar surface area (TPSA) is 66.0 Å². The number of methoxy groups -OCH3 is 1. The number of aromatic nitrogens is 3. The van der Waals surface area contributed by atoms with Crippen molar-refractivity contribution in [3.63, 3.8) is 0 Å². The van der Waals surface area contributed by atoms with Crippen LogP contribution in [-0.2, 0) is 0 Å². The minimum atomic E-state index is 0.384. The largest absolute Gasteiger partial charge is 0.497 e. The molecule has 84 valence electrons. The summed E-state index contributed by atoms with van der Waals surface area (Å²) in [6.07, 6.45) is 1.91. The third-order valence-electron chi connectivity index (χ3n) is 2.11. The fourth-order valence-electron chi connectivity index (χ4n) is 1.30. The first-order chi connectivity index (χ1) is 7.74. The van der Waals surface area contributed by atoms with Gasteiger partial charge in [-0.25, -0.2) is 0 Å². The maximum atomic E-state index is 5.76. The summed E-state index contributed by atoms with van der Waals surface area (Å²) < 4.78 is 6.68. The lowest BCUT2D eigenvalue weighted by atomic mass is 10.3. The molecule has 0 amide bonds. The van der Waals surface area contributed by atoms with Gasteiger partial charge in [-0.05, 0) is 30.5 Å². The Kier molecular flexibility index (Phi) is 3.00. The fraction of sp³-hybridized carbons (Fsp3) is 0.200. The van der Waals surface area contributed by atoms with E-state index in [2.05, 4.69) is 10.1 Å². The molecule has 1 aromatic carbocycles. The number of benzene rings is 1. The van der Waals surface area contributed by atoms with Gasteiger partial charge in [-0.3, -0.25) is 0 Å². The standard InChI is InChI=1S/C10H12N4OS/c1-15-8-5-3-7(4-6-8)14-9(11)12-10(13-14)16-2/h3-6H,1-2H3,(H2,11,12,13). The highest BCUT2D eigenvalue weighted by molar-refractivity contribution is 7.98. The molecule has 0 spiro atoms. The smallest absolute Gasteiger partial charge is 0.224 e. The Morgan fingerprint density at radius 1 is 1.31 bits per heavy atom. The van der Waals surface area contributed by atoms with Gasteiger partial charge in [0.25, 0.3) is 0 Å². The second-order valence-corrected chi connectivity index (χ2v) is 3.84. The summed E-state index contributed by atoms with van der Waals surface area (Å²) in [4.78, 5) is 4.11. The number of ether oxygens (including phenoxy) is 1. The van der Waals surface area contributed by atoms with Crippen LogP contribution in [0.5, 0.6) is 5.75 Å². The first kappa shape index (κ1) is 10.8. The molecule has 0 aliphatic carbocycles. The molecule has 6 heteroatoms. The fourth-order valence-corrected chi connectivity index (χ4v) is 1.65. The minimum absolute atomic E-state index is 0.384. The van der Waals surface area contributed by atoms with Gasteiger partial charge in [-0.15, -0.1) is 5.10 Å². The first-order valence-electron chi connectivity index (χ1n) is 4.65. The number of nitrogen functional groups attached to an aromatic ring is 1. The Labute approximate surface area is 97.6 Å². The summed E-state index contributed by atoms with van der Waals surface area (Å²) in [5.41, 5.74) is 6.63. The quantitative estimate of drug-likeness (QED) is 0.820. The molecule has 0 fully saturated rings. The molecule has 1 heterocycles. The van der Waals surface area contributed by atoms with Crippen LogP contribution in [0.4, 0.5) is 5.95 Å². The van der Waals surface area contributed by atoms with Crippen molar-refractivity contribution in [3.05, 3.63) is 24.3 Å². The highest BCUT2D eigenvalue weighted by Gasteiger charge is 2.07. The summed E-state index contributed by atoms with van der Waals surface area (Å²) in [7, 11) is 1.63. The molecule has 0 atom stereocenters. The Balaban J connectivity index is 2.38. The van der Waals surface area contributed by atoms with E-state index in [1.54, 1.807) is 11.8 Å².